The van der Waals surface area contributed by atoms with Gasteiger partial charge in [-0.2, -0.15) is 9.29 Å². The topological polar surface area (TPSA) is 76.3 Å². The van der Waals surface area contributed by atoms with Gasteiger partial charge in [0.05, 0.1) is 5.02 Å². The van der Waals surface area contributed by atoms with E-state index < -0.39 is 10.0 Å². The van der Waals surface area contributed by atoms with Crippen LogP contribution in [0.4, 0.5) is 0 Å². The molecule has 0 radical (unpaired) electrons. The van der Waals surface area contributed by atoms with Crippen molar-refractivity contribution in [3.05, 3.63) is 63.9 Å². The van der Waals surface area contributed by atoms with E-state index in [0.717, 1.165) is 10.0 Å². The highest BCUT2D eigenvalue weighted by Crippen LogP contribution is 2.33. The standard InChI is InChI=1S/C19H17BrClN3O3S/c20-15-6-2-1-5-14(15)18-22-19(27-23-18)13-9-11-24(12-10-13)28(25,26)17-8-4-3-7-16(17)21/h1-8,13H,9-12H2. The lowest BCUT2D eigenvalue weighted by Crippen LogP contribution is -2.38. The van der Waals surface area contributed by atoms with Crippen LogP contribution < -0.4 is 0 Å². The van der Waals surface area contributed by atoms with Crippen LogP contribution >= 0.6 is 27.5 Å². The van der Waals surface area contributed by atoms with Crippen molar-refractivity contribution in [3.8, 4) is 11.4 Å². The smallest absolute Gasteiger partial charge is 0.244 e. The summed E-state index contributed by atoms with van der Waals surface area (Å²) in [6.45, 7) is 0.760. The second kappa shape index (κ2) is 7.94. The van der Waals surface area contributed by atoms with Gasteiger partial charge in [0.25, 0.3) is 0 Å². The van der Waals surface area contributed by atoms with Crippen LogP contribution in [0.1, 0.15) is 24.7 Å². The number of nitrogens with zero attached hydrogens (tertiary/aromatic N) is 3. The molecule has 1 aromatic heterocycles. The van der Waals surface area contributed by atoms with Crippen LogP contribution in [-0.2, 0) is 10.0 Å². The van der Waals surface area contributed by atoms with Crippen molar-refractivity contribution in [2.24, 2.45) is 0 Å². The molecular formula is C19H17BrClN3O3S. The summed E-state index contributed by atoms with van der Waals surface area (Å²) < 4.78 is 33.6. The maximum atomic E-state index is 12.9. The van der Waals surface area contributed by atoms with Gasteiger partial charge in [-0.1, -0.05) is 57.0 Å². The molecule has 9 heteroatoms. The Kier molecular flexibility index (Phi) is 5.55. The maximum absolute atomic E-state index is 12.9. The Morgan fingerprint density at radius 1 is 1.07 bits per heavy atom. The van der Waals surface area contributed by atoms with Gasteiger partial charge in [0, 0.05) is 29.0 Å². The lowest BCUT2D eigenvalue weighted by atomic mass is 9.98. The molecule has 1 saturated heterocycles. The first kappa shape index (κ1) is 19.6. The first-order valence-corrected chi connectivity index (χ1v) is 11.4. The number of sulfonamides is 1. The largest absolute Gasteiger partial charge is 0.339 e. The zero-order valence-corrected chi connectivity index (χ0v) is 17.9. The number of piperidine rings is 1. The molecule has 0 saturated carbocycles. The van der Waals surface area contributed by atoms with E-state index in [4.69, 9.17) is 16.1 Å². The third kappa shape index (κ3) is 3.74. The Morgan fingerprint density at radius 3 is 2.46 bits per heavy atom. The van der Waals surface area contributed by atoms with Gasteiger partial charge in [0.15, 0.2) is 0 Å². The molecule has 1 fully saturated rings. The molecular weight excluding hydrogens is 466 g/mol. The SMILES string of the molecule is O=S(=O)(c1ccccc1Cl)N1CCC(c2nc(-c3ccccc3Br)no2)CC1. The van der Waals surface area contributed by atoms with Gasteiger partial charge in [-0.3, -0.25) is 0 Å². The van der Waals surface area contributed by atoms with Crippen molar-refractivity contribution in [1.29, 1.82) is 0 Å². The normalized spacial score (nSPS) is 16.4. The maximum Gasteiger partial charge on any atom is 0.244 e. The Bertz CT molecular complexity index is 1100. The lowest BCUT2D eigenvalue weighted by Gasteiger charge is -2.29. The van der Waals surface area contributed by atoms with Crippen molar-refractivity contribution in [1.82, 2.24) is 14.4 Å². The highest BCUT2D eigenvalue weighted by Gasteiger charge is 2.33. The minimum Gasteiger partial charge on any atom is -0.339 e. The molecule has 146 valence electrons. The van der Waals surface area contributed by atoms with Gasteiger partial charge in [-0.05, 0) is 37.1 Å². The molecule has 28 heavy (non-hydrogen) atoms. The van der Waals surface area contributed by atoms with Crippen LogP contribution in [0, 0.1) is 0 Å². The Hall–Kier alpha value is -1.74. The predicted molar refractivity (Wildman–Crippen MR) is 110 cm³/mol. The van der Waals surface area contributed by atoms with E-state index in [1.165, 1.54) is 10.4 Å². The second-order valence-electron chi connectivity index (χ2n) is 6.54. The quantitative estimate of drug-likeness (QED) is 0.538. The van der Waals surface area contributed by atoms with Crippen LogP contribution in [0.15, 0.2) is 62.4 Å². The van der Waals surface area contributed by atoms with E-state index >= 15 is 0 Å². The van der Waals surface area contributed by atoms with E-state index in [9.17, 15) is 8.42 Å². The molecule has 1 aliphatic heterocycles. The van der Waals surface area contributed by atoms with Crippen molar-refractivity contribution >= 4 is 37.6 Å². The number of halogens is 2. The first-order valence-electron chi connectivity index (χ1n) is 8.80. The number of aromatic nitrogens is 2. The molecule has 0 N–H and O–H groups in total. The van der Waals surface area contributed by atoms with Crippen LogP contribution in [-0.4, -0.2) is 36.0 Å². The van der Waals surface area contributed by atoms with E-state index in [0.29, 0.717) is 37.6 Å². The molecule has 3 aromatic rings. The minimum atomic E-state index is -3.61. The summed E-state index contributed by atoms with van der Waals surface area (Å²) in [5, 5.41) is 4.32. The molecule has 0 unspecified atom stereocenters. The Balaban J connectivity index is 1.48. The fourth-order valence-electron chi connectivity index (χ4n) is 3.29. The van der Waals surface area contributed by atoms with Crippen LogP contribution in [0.3, 0.4) is 0 Å². The molecule has 0 atom stereocenters. The molecule has 4 rings (SSSR count). The van der Waals surface area contributed by atoms with Gasteiger partial charge >= 0.3 is 0 Å². The Labute approximate surface area is 176 Å². The summed E-state index contributed by atoms with van der Waals surface area (Å²) in [6.07, 6.45) is 1.22. The molecule has 2 aromatic carbocycles. The summed E-state index contributed by atoms with van der Waals surface area (Å²) in [4.78, 5) is 4.67. The lowest BCUT2D eigenvalue weighted by molar-refractivity contribution is 0.271. The average Bonchev–Trinajstić information content (AvgIpc) is 3.18. The number of hydrogen-bond acceptors (Lipinski definition) is 5. The van der Waals surface area contributed by atoms with E-state index in [2.05, 4.69) is 26.1 Å². The predicted octanol–water partition coefficient (Wildman–Crippen LogP) is 4.72. The van der Waals surface area contributed by atoms with Crippen molar-refractivity contribution in [2.45, 2.75) is 23.7 Å². The third-order valence-corrected chi connectivity index (χ3v) is 7.90. The number of hydrogen-bond donors (Lipinski definition) is 0. The molecule has 0 bridgehead atoms. The average molecular weight is 483 g/mol. The van der Waals surface area contributed by atoms with Crippen LogP contribution in [0.2, 0.25) is 5.02 Å². The fourth-order valence-corrected chi connectivity index (χ4v) is 5.71. The summed E-state index contributed by atoms with van der Waals surface area (Å²) in [6, 6.07) is 14.2. The summed E-state index contributed by atoms with van der Waals surface area (Å²) in [5.74, 6) is 1.09. The van der Waals surface area contributed by atoms with Crippen molar-refractivity contribution < 1.29 is 12.9 Å². The monoisotopic (exact) mass is 481 g/mol. The van der Waals surface area contributed by atoms with E-state index in [1.54, 1.807) is 18.2 Å². The van der Waals surface area contributed by atoms with Crippen LogP contribution in [0.25, 0.3) is 11.4 Å². The molecule has 1 aliphatic rings. The van der Waals surface area contributed by atoms with Crippen molar-refractivity contribution in [3.63, 3.8) is 0 Å². The number of rotatable bonds is 4. The van der Waals surface area contributed by atoms with E-state index in [1.807, 2.05) is 24.3 Å². The highest BCUT2D eigenvalue weighted by molar-refractivity contribution is 9.10. The summed E-state index contributed by atoms with van der Waals surface area (Å²) in [7, 11) is -3.61. The first-order chi connectivity index (χ1) is 13.5. The molecule has 2 heterocycles. The van der Waals surface area contributed by atoms with Gasteiger partial charge in [0.2, 0.25) is 21.7 Å². The fraction of sp³-hybridized carbons (Fsp3) is 0.263. The third-order valence-electron chi connectivity index (χ3n) is 4.81. The zero-order chi connectivity index (χ0) is 19.7. The van der Waals surface area contributed by atoms with Gasteiger partial charge in [-0.25, -0.2) is 8.42 Å². The highest BCUT2D eigenvalue weighted by atomic mass is 79.9. The summed E-state index contributed by atoms with van der Waals surface area (Å²) >= 11 is 9.57. The summed E-state index contributed by atoms with van der Waals surface area (Å²) in [5.41, 5.74) is 0.858. The Morgan fingerprint density at radius 2 is 1.75 bits per heavy atom. The van der Waals surface area contributed by atoms with Gasteiger partial charge in [-0.15, -0.1) is 0 Å². The van der Waals surface area contributed by atoms with Crippen LogP contribution in [0.5, 0.6) is 0 Å². The van der Waals surface area contributed by atoms with Crippen molar-refractivity contribution in [2.75, 3.05) is 13.1 Å². The molecule has 0 spiro atoms. The molecule has 0 amide bonds. The van der Waals surface area contributed by atoms with Gasteiger partial charge in [0.1, 0.15) is 4.90 Å². The number of benzene rings is 2. The zero-order valence-electron chi connectivity index (χ0n) is 14.8. The van der Waals surface area contributed by atoms with Gasteiger partial charge < -0.3 is 4.52 Å². The molecule has 6 nitrogen and oxygen atoms in total. The second-order valence-corrected chi connectivity index (χ2v) is 9.71. The van der Waals surface area contributed by atoms with E-state index in [-0.39, 0.29) is 15.8 Å². The minimum absolute atomic E-state index is 0.0291. The molecule has 0 aliphatic carbocycles.